The molecule has 0 aliphatic rings. The minimum atomic E-state index is -0.195. The fourth-order valence-corrected chi connectivity index (χ4v) is 2.52. The Bertz CT molecular complexity index is 480. The highest BCUT2D eigenvalue weighted by molar-refractivity contribution is 5.79. The number of nitrogens with zero attached hydrogens (tertiary/aromatic N) is 2. The monoisotopic (exact) mass is 322 g/mol. The van der Waals surface area contributed by atoms with E-state index in [1.165, 1.54) is 12.1 Å². The molecule has 0 radical (unpaired) electrons. The van der Waals surface area contributed by atoms with Gasteiger partial charge in [-0.3, -0.25) is 4.99 Å². The molecule has 1 aromatic carbocycles. The van der Waals surface area contributed by atoms with Crippen molar-refractivity contribution in [1.29, 1.82) is 0 Å². The third kappa shape index (κ3) is 8.55. The van der Waals surface area contributed by atoms with Crippen molar-refractivity contribution in [2.75, 3.05) is 40.3 Å². The summed E-state index contributed by atoms with van der Waals surface area (Å²) in [5.41, 5.74) is 1.24. The number of rotatable bonds is 8. The number of guanidine groups is 1. The highest BCUT2D eigenvalue weighted by atomic mass is 19.1. The van der Waals surface area contributed by atoms with Crippen LogP contribution in [0.5, 0.6) is 0 Å². The number of nitrogens with one attached hydrogen (secondary N) is 2. The Balaban J connectivity index is 2.50. The van der Waals surface area contributed by atoms with Crippen molar-refractivity contribution in [3.63, 3.8) is 0 Å². The number of hydrogen-bond acceptors (Lipinski definition) is 2. The van der Waals surface area contributed by atoms with Gasteiger partial charge in [-0.2, -0.15) is 0 Å². The predicted molar refractivity (Wildman–Crippen MR) is 96.4 cm³/mol. The van der Waals surface area contributed by atoms with Gasteiger partial charge in [-0.15, -0.1) is 0 Å². The summed E-state index contributed by atoms with van der Waals surface area (Å²) in [6.07, 6.45) is 0.839. The predicted octanol–water partition coefficient (Wildman–Crippen LogP) is 2.51. The molecule has 1 rings (SSSR count). The average Bonchev–Trinajstić information content (AvgIpc) is 2.45. The summed E-state index contributed by atoms with van der Waals surface area (Å²) in [7, 11) is 4.16. The smallest absolute Gasteiger partial charge is 0.191 e. The molecule has 130 valence electrons. The molecule has 0 heterocycles. The summed E-state index contributed by atoms with van der Waals surface area (Å²) in [5, 5.41) is 6.61. The van der Waals surface area contributed by atoms with Gasteiger partial charge in [0, 0.05) is 26.2 Å². The van der Waals surface area contributed by atoms with E-state index in [-0.39, 0.29) is 11.2 Å². The van der Waals surface area contributed by atoms with E-state index in [1.54, 1.807) is 0 Å². The van der Waals surface area contributed by atoms with Gasteiger partial charge in [-0.05, 0) is 50.6 Å². The van der Waals surface area contributed by atoms with Crippen LogP contribution in [-0.2, 0) is 6.42 Å². The van der Waals surface area contributed by atoms with Crippen molar-refractivity contribution in [2.45, 2.75) is 27.2 Å². The molecular weight excluding hydrogens is 291 g/mol. The molecule has 0 spiro atoms. The van der Waals surface area contributed by atoms with E-state index in [1.807, 2.05) is 12.1 Å². The Morgan fingerprint density at radius 1 is 1.17 bits per heavy atom. The average molecular weight is 322 g/mol. The molecule has 5 heteroatoms. The molecule has 0 saturated heterocycles. The van der Waals surface area contributed by atoms with Crippen LogP contribution in [0, 0.1) is 11.2 Å². The first kappa shape index (κ1) is 19.4. The molecule has 4 nitrogen and oxygen atoms in total. The lowest BCUT2D eigenvalue weighted by Crippen LogP contribution is -2.40. The van der Waals surface area contributed by atoms with Gasteiger partial charge >= 0.3 is 0 Å². The number of aliphatic imine (C=N–C) groups is 1. The Morgan fingerprint density at radius 2 is 1.83 bits per heavy atom. The van der Waals surface area contributed by atoms with Crippen LogP contribution < -0.4 is 10.6 Å². The highest BCUT2D eigenvalue weighted by Crippen LogP contribution is 2.15. The second-order valence-electron chi connectivity index (χ2n) is 6.90. The molecule has 0 aliphatic heterocycles. The third-order valence-corrected chi connectivity index (χ3v) is 3.37. The summed E-state index contributed by atoms with van der Waals surface area (Å²) in [6, 6.07) is 6.64. The topological polar surface area (TPSA) is 39.7 Å². The van der Waals surface area contributed by atoms with Crippen LogP contribution in [0.3, 0.4) is 0 Å². The Hall–Kier alpha value is -1.62. The standard InChI is InChI=1S/C18H31FN4/c1-6-20-17(22-13-18(2,3)14-23(4)5)21-12-11-15-7-9-16(19)10-8-15/h7-10H,6,11-14H2,1-5H3,(H2,20,21,22). The maximum atomic E-state index is 12.9. The van der Waals surface area contributed by atoms with Crippen LogP contribution >= 0.6 is 0 Å². The number of benzene rings is 1. The lowest BCUT2D eigenvalue weighted by molar-refractivity contribution is 0.248. The van der Waals surface area contributed by atoms with Gasteiger partial charge in [0.2, 0.25) is 0 Å². The largest absolute Gasteiger partial charge is 0.357 e. The Kier molecular flexibility index (Phi) is 8.03. The minimum Gasteiger partial charge on any atom is -0.357 e. The summed E-state index contributed by atoms with van der Waals surface area (Å²) < 4.78 is 12.9. The zero-order chi connectivity index (χ0) is 17.3. The molecule has 0 saturated carbocycles. The quantitative estimate of drug-likeness (QED) is 0.571. The molecule has 0 aromatic heterocycles. The molecule has 0 fully saturated rings. The van der Waals surface area contributed by atoms with Crippen molar-refractivity contribution >= 4 is 5.96 Å². The molecule has 23 heavy (non-hydrogen) atoms. The van der Waals surface area contributed by atoms with E-state index in [2.05, 4.69) is 50.4 Å². The van der Waals surface area contributed by atoms with E-state index in [9.17, 15) is 4.39 Å². The first-order valence-corrected chi connectivity index (χ1v) is 8.24. The third-order valence-electron chi connectivity index (χ3n) is 3.37. The van der Waals surface area contributed by atoms with Crippen molar-refractivity contribution in [3.8, 4) is 0 Å². The van der Waals surface area contributed by atoms with Gasteiger partial charge in [-0.1, -0.05) is 26.0 Å². The van der Waals surface area contributed by atoms with Gasteiger partial charge < -0.3 is 15.5 Å². The molecule has 0 amide bonds. The van der Waals surface area contributed by atoms with Crippen molar-refractivity contribution in [1.82, 2.24) is 15.5 Å². The lowest BCUT2D eigenvalue weighted by atomic mass is 9.93. The second kappa shape index (κ2) is 9.50. The molecule has 0 aliphatic carbocycles. The second-order valence-corrected chi connectivity index (χ2v) is 6.90. The van der Waals surface area contributed by atoms with E-state index in [4.69, 9.17) is 4.99 Å². The van der Waals surface area contributed by atoms with Gasteiger partial charge in [-0.25, -0.2) is 4.39 Å². The highest BCUT2D eigenvalue weighted by Gasteiger charge is 2.18. The zero-order valence-electron chi connectivity index (χ0n) is 15.1. The SMILES string of the molecule is CCNC(=NCC(C)(C)CN(C)C)NCCc1ccc(F)cc1. The molecule has 0 bridgehead atoms. The van der Waals surface area contributed by atoms with Crippen LogP contribution in [0.1, 0.15) is 26.3 Å². The first-order chi connectivity index (χ1) is 10.8. The van der Waals surface area contributed by atoms with Gasteiger partial charge in [0.15, 0.2) is 5.96 Å². The maximum Gasteiger partial charge on any atom is 0.191 e. The first-order valence-electron chi connectivity index (χ1n) is 8.24. The molecule has 2 N–H and O–H groups in total. The summed E-state index contributed by atoms with van der Waals surface area (Å²) in [6.45, 7) is 9.85. The van der Waals surface area contributed by atoms with E-state index in [0.29, 0.717) is 0 Å². The van der Waals surface area contributed by atoms with Crippen molar-refractivity contribution in [2.24, 2.45) is 10.4 Å². The summed E-state index contributed by atoms with van der Waals surface area (Å²) in [5.74, 6) is 0.640. The molecular formula is C18H31FN4. The van der Waals surface area contributed by atoms with Crippen molar-refractivity contribution < 1.29 is 4.39 Å². The Morgan fingerprint density at radius 3 is 2.39 bits per heavy atom. The molecule has 1 aromatic rings. The van der Waals surface area contributed by atoms with Gasteiger partial charge in [0.1, 0.15) is 5.82 Å². The van der Waals surface area contributed by atoms with Gasteiger partial charge in [0.05, 0.1) is 0 Å². The molecule has 0 atom stereocenters. The summed E-state index contributed by atoms with van der Waals surface area (Å²) in [4.78, 5) is 6.88. The van der Waals surface area contributed by atoms with Crippen molar-refractivity contribution in [3.05, 3.63) is 35.6 Å². The Labute approximate surface area is 140 Å². The zero-order valence-corrected chi connectivity index (χ0v) is 15.1. The lowest BCUT2D eigenvalue weighted by Gasteiger charge is -2.26. The van der Waals surface area contributed by atoms with Crippen LogP contribution in [0.25, 0.3) is 0 Å². The van der Waals surface area contributed by atoms with Gasteiger partial charge in [0.25, 0.3) is 0 Å². The fraction of sp³-hybridized carbons (Fsp3) is 0.611. The molecule has 0 unspecified atom stereocenters. The minimum absolute atomic E-state index is 0.128. The van der Waals surface area contributed by atoms with Crippen LogP contribution in [0.4, 0.5) is 4.39 Å². The number of halogens is 1. The van der Waals surface area contributed by atoms with E-state index < -0.39 is 0 Å². The fourth-order valence-electron chi connectivity index (χ4n) is 2.52. The normalized spacial score (nSPS) is 12.6. The number of hydrogen-bond donors (Lipinski definition) is 2. The van der Waals surface area contributed by atoms with Crippen LogP contribution in [0.2, 0.25) is 0 Å². The van der Waals surface area contributed by atoms with Crippen LogP contribution in [-0.4, -0.2) is 51.1 Å². The van der Waals surface area contributed by atoms with E-state index >= 15 is 0 Å². The maximum absolute atomic E-state index is 12.9. The summed E-state index contributed by atoms with van der Waals surface area (Å²) >= 11 is 0. The van der Waals surface area contributed by atoms with E-state index in [0.717, 1.165) is 44.1 Å². The van der Waals surface area contributed by atoms with Crippen LogP contribution in [0.15, 0.2) is 29.3 Å².